The Hall–Kier alpha value is -2.67. The Kier molecular flexibility index (Phi) is 5.37. The van der Waals surface area contributed by atoms with E-state index in [9.17, 15) is 9.90 Å². The molecule has 2 heterocycles. The first-order chi connectivity index (χ1) is 12.5. The third-order valence-corrected chi connectivity index (χ3v) is 4.84. The van der Waals surface area contributed by atoms with E-state index < -0.39 is 12.0 Å². The number of carboxylic acid groups (broad SMARTS) is 1. The van der Waals surface area contributed by atoms with Gasteiger partial charge in [0.2, 0.25) is 0 Å². The van der Waals surface area contributed by atoms with E-state index in [-0.39, 0.29) is 6.04 Å². The largest absolute Gasteiger partial charge is 0.547 e. The molecule has 3 rings (SSSR count). The maximum Gasteiger partial charge on any atom is 0.142 e. The number of aliphatic imine (C=N–C) groups is 1. The average Bonchev–Trinajstić information content (AvgIpc) is 2.76. The number of pyridine rings is 1. The van der Waals surface area contributed by atoms with Gasteiger partial charge in [-0.15, -0.1) is 0 Å². The van der Waals surface area contributed by atoms with Crippen molar-refractivity contribution < 1.29 is 14.6 Å². The lowest BCUT2D eigenvalue weighted by atomic mass is 10.00. The van der Waals surface area contributed by atoms with Crippen molar-refractivity contribution in [3.63, 3.8) is 0 Å². The quantitative estimate of drug-likeness (QED) is 0.811. The van der Waals surface area contributed by atoms with Gasteiger partial charge < -0.3 is 20.0 Å². The minimum Gasteiger partial charge on any atom is -0.547 e. The number of nitrogens with zero attached hydrogens (tertiary/aromatic N) is 2. The van der Waals surface area contributed by atoms with Crippen LogP contribution in [-0.4, -0.2) is 29.8 Å². The van der Waals surface area contributed by atoms with Gasteiger partial charge in [-0.2, -0.15) is 0 Å². The summed E-state index contributed by atoms with van der Waals surface area (Å²) in [5, 5.41) is 15.0. The summed E-state index contributed by atoms with van der Waals surface area (Å²) < 4.78 is 6.16. The second kappa shape index (κ2) is 7.70. The lowest BCUT2D eigenvalue weighted by molar-refractivity contribution is -0.307. The number of hydrogen-bond acceptors (Lipinski definition) is 6. The van der Waals surface area contributed by atoms with Gasteiger partial charge in [0.15, 0.2) is 0 Å². The predicted octanol–water partition coefficient (Wildman–Crippen LogP) is 2.54. The smallest absolute Gasteiger partial charge is 0.142 e. The minimum atomic E-state index is -1.26. The molecule has 2 aromatic rings. The van der Waals surface area contributed by atoms with Gasteiger partial charge in [-0.05, 0) is 40.5 Å². The van der Waals surface area contributed by atoms with Crippen LogP contribution in [0.15, 0.2) is 58.3 Å². The van der Waals surface area contributed by atoms with Gasteiger partial charge in [0.1, 0.15) is 11.8 Å². The first-order valence-electron chi connectivity index (χ1n) is 8.01. The van der Waals surface area contributed by atoms with E-state index in [1.54, 1.807) is 31.6 Å². The molecule has 0 fully saturated rings. The van der Waals surface area contributed by atoms with Crippen LogP contribution in [0.5, 0.6) is 0 Å². The molecule has 0 saturated heterocycles. The van der Waals surface area contributed by atoms with E-state index in [2.05, 4.69) is 31.2 Å². The molecule has 0 saturated carbocycles. The van der Waals surface area contributed by atoms with Crippen LogP contribution in [0.3, 0.4) is 0 Å². The second-order valence-corrected chi connectivity index (χ2v) is 6.57. The van der Waals surface area contributed by atoms with Crippen LogP contribution >= 0.6 is 15.9 Å². The molecule has 2 atom stereocenters. The number of aliphatic carboxylic acids is 1. The molecule has 1 aliphatic heterocycles. The molecule has 0 amide bonds. The Morgan fingerprint density at radius 1 is 1.31 bits per heavy atom. The van der Waals surface area contributed by atoms with Crippen LogP contribution in [0.25, 0.3) is 5.76 Å². The fourth-order valence-corrected chi connectivity index (χ4v) is 3.71. The molecule has 0 radical (unpaired) electrons. The summed E-state index contributed by atoms with van der Waals surface area (Å²) in [5.41, 5.74) is 2.53. The van der Waals surface area contributed by atoms with Gasteiger partial charge in [0.25, 0.3) is 0 Å². The van der Waals surface area contributed by atoms with Crippen molar-refractivity contribution in [3.05, 3.63) is 64.4 Å². The number of hydrogen-bond donors (Lipinski definition) is 1. The number of methoxy groups -OCH3 is 1. The number of ether oxygens (including phenoxy) is 1. The standard InChI is InChI=1S/C19H18BrN3O3/c1-11(22-12-6-5-9-21-10-12)16-15(20)18(26-2)14-8-4-3-7-13(14)17(23-16)19(24)25/h3-11,17,22H,1-2H3,(H,24,25)/p-1/t11-,17+/m1/s1. The molecule has 1 N–H and O–H groups in total. The molecular weight excluding hydrogens is 398 g/mol. The number of carbonyl (C=O) groups is 1. The fourth-order valence-electron chi connectivity index (χ4n) is 2.89. The van der Waals surface area contributed by atoms with E-state index >= 15 is 0 Å². The van der Waals surface area contributed by atoms with Crippen molar-refractivity contribution in [1.29, 1.82) is 0 Å². The highest BCUT2D eigenvalue weighted by atomic mass is 79.9. The summed E-state index contributed by atoms with van der Waals surface area (Å²) in [6.07, 6.45) is 3.37. The molecular formula is C19H17BrN3O3-. The Morgan fingerprint density at radius 2 is 2.08 bits per heavy atom. The third kappa shape index (κ3) is 3.48. The van der Waals surface area contributed by atoms with E-state index in [1.165, 1.54) is 0 Å². The van der Waals surface area contributed by atoms with Gasteiger partial charge in [-0.1, -0.05) is 24.3 Å². The van der Waals surface area contributed by atoms with Gasteiger partial charge >= 0.3 is 0 Å². The maximum atomic E-state index is 11.8. The zero-order valence-corrected chi connectivity index (χ0v) is 15.9. The topological polar surface area (TPSA) is 86.6 Å². The van der Waals surface area contributed by atoms with E-state index in [0.717, 1.165) is 5.69 Å². The van der Waals surface area contributed by atoms with Crippen molar-refractivity contribution in [2.24, 2.45) is 4.99 Å². The number of carboxylic acids is 1. The van der Waals surface area contributed by atoms with Gasteiger partial charge in [-0.25, -0.2) is 0 Å². The highest BCUT2D eigenvalue weighted by molar-refractivity contribution is 9.12. The van der Waals surface area contributed by atoms with E-state index in [1.807, 2.05) is 31.2 Å². The van der Waals surface area contributed by atoms with E-state index in [4.69, 9.17) is 4.74 Å². The van der Waals surface area contributed by atoms with Crippen LogP contribution < -0.4 is 10.4 Å². The molecule has 0 aliphatic carbocycles. The van der Waals surface area contributed by atoms with E-state index in [0.29, 0.717) is 27.1 Å². The van der Waals surface area contributed by atoms with Crippen LogP contribution in [0.4, 0.5) is 5.69 Å². The summed E-state index contributed by atoms with van der Waals surface area (Å²) in [4.78, 5) is 20.3. The number of rotatable bonds is 5. The van der Waals surface area contributed by atoms with Crippen LogP contribution in [-0.2, 0) is 9.53 Å². The first kappa shape index (κ1) is 18.1. The lowest BCUT2D eigenvalue weighted by Crippen LogP contribution is -2.32. The number of anilines is 1. The number of fused-ring (bicyclic) bond motifs is 1. The summed E-state index contributed by atoms with van der Waals surface area (Å²) in [6, 6.07) is 9.40. The van der Waals surface area contributed by atoms with Crippen molar-refractivity contribution in [2.75, 3.05) is 12.4 Å². The highest BCUT2D eigenvalue weighted by Crippen LogP contribution is 2.36. The minimum absolute atomic E-state index is 0.296. The zero-order valence-electron chi connectivity index (χ0n) is 14.3. The predicted molar refractivity (Wildman–Crippen MR) is 102 cm³/mol. The second-order valence-electron chi connectivity index (χ2n) is 5.78. The zero-order chi connectivity index (χ0) is 18.7. The normalized spacial score (nSPS) is 17.7. The van der Waals surface area contributed by atoms with Crippen molar-refractivity contribution in [1.82, 2.24) is 4.98 Å². The number of carbonyl (C=O) groups excluding carboxylic acids is 1. The third-order valence-electron chi connectivity index (χ3n) is 4.07. The molecule has 1 aromatic heterocycles. The molecule has 1 aliphatic rings. The molecule has 0 unspecified atom stereocenters. The number of aromatic nitrogens is 1. The van der Waals surface area contributed by atoms with Crippen molar-refractivity contribution in [2.45, 2.75) is 19.0 Å². The van der Waals surface area contributed by atoms with Crippen LogP contribution in [0.2, 0.25) is 0 Å². The number of halogens is 1. The van der Waals surface area contributed by atoms with Gasteiger partial charge in [-0.3, -0.25) is 9.98 Å². The Bertz CT molecular complexity index is 881. The van der Waals surface area contributed by atoms with Gasteiger partial charge in [0.05, 0.1) is 35.0 Å². The summed E-state index contributed by atoms with van der Waals surface area (Å²) in [5.74, 6) is -0.732. The molecule has 134 valence electrons. The SMILES string of the molecule is COC1=C(Br)C([C@@H](C)Nc2cccnc2)=N[C@H](C(=O)[O-])c2ccccc21. The maximum absolute atomic E-state index is 11.8. The van der Waals surface area contributed by atoms with Crippen molar-refractivity contribution >= 4 is 39.1 Å². The molecule has 0 bridgehead atoms. The first-order valence-corrected chi connectivity index (χ1v) is 8.80. The summed E-state index contributed by atoms with van der Waals surface area (Å²) >= 11 is 3.55. The fraction of sp³-hybridized carbons (Fsp3) is 0.211. The Morgan fingerprint density at radius 3 is 2.73 bits per heavy atom. The molecule has 6 nitrogen and oxygen atoms in total. The van der Waals surface area contributed by atoms with Crippen LogP contribution in [0.1, 0.15) is 24.1 Å². The Balaban J connectivity index is 2.10. The average molecular weight is 415 g/mol. The molecule has 26 heavy (non-hydrogen) atoms. The molecule has 0 spiro atoms. The Labute approximate surface area is 159 Å². The van der Waals surface area contributed by atoms with Crippen molar-refractivity contribution in [3.8, 4) is 0 Å². The van der Waals surface area contributed by atoms with Gasteiger partial charge in [0, 0.05) is 18.0 Å². The molecule has 7 heteroatoms. The van der Waals surface area contributed by atoms with Crippen LogP contribution in [0, 0.1) is 0 Å². The highest BCUT2D eigenvalue weighted by Gasteiger charge is 2.28. The monoisotopic (exact) mass is 414 g/mol. The molecule has 1 aromatic carbocycles. The number of benzene rings is 1. The lowest BCUT2D eigenvalue weighted by Gasteiger charge is -2.20. The summed E-state index contributed by atoms with van der Waals surface area (Å²) in [6.45, 7) is 1.89. The summed E-state index contributed by atoms with van der Waals surface area (Å²) in [7, 11) is 1.55. The number of nitrogens with one attached hydrogen (secondary N) is 1.